The molecule has 0 amide bonds. The molecular formula is C16H30O3. The van der Waals surface area contributed by atoms with Gasteiger partial charge < -0.3 is 4.74 Å². The fourth-order valence-corrected chi connectivity index (χ4v) is 1.69. The summed E-state index contributed by atoms with van der Waals surface area (Å²) in [5.41, 5.74) is -0.560. The molecule has 0 N–H and O–H groups in total. The zero-order valence-corrected chi connectivity index (χ0v) is 13.4. The Morgan fingerprint density at radius 3 is 2.21 bits per heavy atom. The second kappa shape index (κ2) is 8.34. The van der Waals surface area contributed by atoms with Gasteiger partial charge in [-0.05, 0) is 38.5 Å². The molecular weight excluding hydrogens is 240 g/mol. The molecule has 1 unspecified atom stereocenters. The molecule has 0 fully saturated rings. The summed E-state index contributed by atoms with van der Waals surface area (Å²) in [5.74, 6) is 0.241. The molecule has 0 aliphatic heterocycles. The van der Waals surface area contributed by atoms with Crippen molar-refractivity contribution >= 4 is 11.9 Å². The highest BCUT2D eigenvalue weighted by molar-refractivity contribution is 5.88. The summed E-state index contributed by atoms with van der Waals surface area (Å²) in [6, 6.07) is 0. The lowest BCUT2D eigenvalue weighted by atomic mass is 9.87. The van der Waals surface area contributed by atoms with E-state index in [0.29, 0.717) is 18.3 Å². The Morgan fingerprint density at radius 1 is 1.16 bits per heavy atom. The van der Waals surface area contributed by atoms with Gasteiger partial charge in [-0.15, -0.1) is 0 Å². The first-order valence-corrected chi connectivity index (χ1v) is 7.45. The van der Waals surface area contributed by atoms with Gasteiger partial charge in [-0.25, -0.2) is 0 Å². The largest absolute Gasteiger partial charge is 0.393 e. The predicted octanol–water partition coefficient (Wildman–Crippen LogP) is 4.34. The van der Waals surface area contributed by atoms with Crippen LogP contribution in [0.2, 0.25) is 0 Å². The molecule has 3 nitrogen and oxygen atoms in total. The molecule has 0 saturated carbocycles. The number of unbranched alkanes of at least 4 members (excludes halogenated alkanes) is 1. The second-order valence-corrected chi connectivity index (χ2v) is 6.51. The van der Waals surface area contributed by atoms with E-state index in [1.54, 1.807) is 0 Å². The summed E-state index contributed by atoms with van der Waals surface area (Å²) >= 11 is 0. The van der Waals surface area contributed by atoms with E-state index in [1.165, 1.54) is 0 Å². The van der Waals surface area contributed by atoms with E-state index in [4.69, 9.17) is 4.74 Å². The third-order valence-corrected chi connectivity index (χ3v) is 3.86. The van der Waals surface area contributed by atoms with Crippen LogP contribution in [0.5, 0.6) is 0 Å². The van der Waals surface area contributed by atoms with Gasteiger partial charge in [0.25, 0.3) is 0 Å². The van der Waals surface area contributed by atoms with Crippen LogP contribution in [-0.4, -0.2) is 11.9 Å². The molecule has 0 aromatic carbocycles. The molecule has 0 aromatic rings. The van der Waals surface area contributed by atoms with Gasteiger partial charge >= 0.3 is 11.9 Å². The van der Waals surface area contributed by atoms with E-state index < -0.39 is 5.41 Å². The lowest BCUT2D eigenvalue weighted by Crippen LogP contribution is -2.29. The van der Waals surface area contributed by atoms with Crippen molar-refractivity contribution in [3.05, 3.63) is 0 Å². The zero-order valence-electron chi connectivity index (χ0n) is 13.4. The molecule has 0 spiro atoms. The summed E-state index contributed by atoms with van der Waals surface area (Å²) in [7, 11) is 0. The minimum Gasteiger partial charge on any atom is -0.393 e. The molecule has 112 valence electrons. The third-order valence-electron chi connectivity index (χ3n) is 3.86. The molecule has 0 aromatic heterocycles. The number of esters is 2. The normalized spacial score (nSPS) is 13.4. The van der Waals surface area contributed by atoms with E-state index in [-0.39, 0.29) is 11.9 Å². The van der Waals surface area contributed by atoms with Gasteiger partial charge in [-0.1, -0.05) is 40.5 Å². The molecule has 19 heavy (non-hydrogen) atoms. The van der Waals surface area contributed by atoms with Gasteiger partial charge in [-0.3, -0.25) is 9.59 Å². The van der Waals surface area contributed by atoms with Gasteiger partial charge in [0.15, 0.2) is 0 Å². The fraction of sp³-hybridized carbons (Fsp3) is 0.875. The Morgan fingerprint density at radius 2 is 1.74 bits per heavy atom. The molecule has 0 rings (SSSR count). The molecule has 0 radical (unpaired) electrons. The van der Waals surface area contributed by atoms with Gasteiger partial charge in [-0.2, -0.15) is 0 Å². The van der Waals surface area contributed by atoms with E-state index >= 15 is 0 Å². The smallest absolute Gasteiger partial charge is 0.319 e. The highest BCUT2D eigenvalue weighted by Gasteiger charge is 2.30. The molecule has 0 bridgehead atoms. The van der Waals surface area contributed by atoms with E-state index in [1.807, 2.05) is 13.8 Å². The van der Waals surface area contributed by atoms with Crippen molar-refractivity contribution in [3.63, 3.8) is 0 Å². The summed E-state index contributed by atoms with van der Waals surface area (Å²) in [5, 5.41) is 0. The summed E-state index contributed by atoms with van der Waals surface area (Å²) in [6.07, 6.45) is 3.88. The molecule has 0 heterocycles. The topological polar surface area (TPSA) is 43.4 Å². The Balaban J connectivity index is 4.15. The van der Waals surface area contributed by atoms with Crippen LogP contribution in [0.3, 0.4) is 0 Å². The first-order chi connectivity index (χ1) is 8.70. The number of carbonyl (C=O) groups excluding carboxylic acids is 2. The average molecular weight is 270 g/mol. The van der Waals surface area contributed by atoms with Crippen LogP contribution in [0.15, 0.2) is 0 Å². The monoisotopic (exact) mass is 270 g/mol. The molecule has 0 aliphatic carbocycles. The lowest BCUT2D eigenvalue weighted by molar-refractivity contribution is -0.166. The Bertz CT molecular complexity index is 292. The molecule has 1 atom stereocenters. The minimum atomic E-state index is -0.560. The van der Waals surface area contributed by atoms with Gasteiger partial charge in [0.1, 0.15) is 0 Å². The van der Waals surface area contributed by atoms with Crippen LogP contribution < -0.4 is 0 Å². The average Bonchev–Trinajstić information content (AvgIpc) is 2.33. The highest BCUT2D eigenvalue weighted by Crippen LogP contribution is 2.25. The quantitative estimate of drug-likeness (QED) is 0.486. The van der Waals surface area contributed by atoms with Crippen LogP contribution in [0.25, 0.3) is 0 Å². The van der Waals surface area contributed by atoms with Crippen molar-refractivity contribution < 1.29 is 14.3 Å². The second-order valence-electron chi connectivity index (χ2n) is 6.51. The lowest BCUT2D eigenvalue weighted by Gasteiger charge is -2.21. The maximum absolute atomic E-state index is 11.9. The number of ether oxygens (including phenoxy) is 1. The number of carbonyl (C=O) groups is 2. The third kappa shape index (κ3) is 7.34. The van der Waals surface area contributed by atoms with E-state index in [0.717, 1.165) is 25.7 Å². The van der Waals surface area contributed by atoms with Crippen molar-refractivity contribution in [1.82, 2.24) is 0 Å². The van der Waals surface area contributed by atoms with Gasteiger partial charge in [0.2, 0.25) is 0 Å². The summed E-state index contributed by atoms with van der Waals surface area (Å²) < 4.78 is 4.96. The summed E-state index contributed by atoms with van der Waals surface area (Å²) in [4.78, 5) is 23.6. The standard InChI is InChI=1S/C16H30O3/c1-7-8-11-16(5,6)15(18)19-14(17)10-9-13(4)12(2)3/h12-13H,7-11H2,1-6H3. The maximum Gasteiger partial charge on any atom is 0.319 e. The van der Waals surface area contributed by atoms with Crippen LogP contribution in [0.1, 0.15) is 73.6 Å². The first-order valence-electron chi connectivity index (χ1n) is 7.45. The number of rotatable bonds is 8. The first kappa shape index (κ1) is 18.1. The molecule has 0 saturated heterocycles. The van der Waals surface area contributed by atoms with Crippen molar-refractivity contribution in [3.8, 4) is 0 Å². The van der Waals surface area contributed by atoms with Gasteiger partial charge in [0.05, 0.1) is 5.41 Å². The van der Waals surface area contributed by atoms with Crippen LogP contribution >= 0.6 is 0 Å². The molecule has 0 aliphatic rings. The number of hydrogen-bond acceptors (Lipinski definition) is 3. The van der Waals surface area contributed by atoms with Crippen molar-refractivity contribution in [2.45, 2.75) is 73.6 Å². The van der Waals surface area contributed by atoms with Gasteiger partial charge in [0, 0.05) is 6.42 Å². The zero-order chi connectivity index (χ0) is 15.1. The van der Waals surface area contributed by atoms with Crippen molar-refractivity contribution in [1.29, 1.82) is 0 Å². The SMILES string of the molecule is CCCCC(C)(C)C(=O)OC(=O)CCC(C)C(C)C. The minimum absolute atomic E-state index is 0.328. The predicted molar refractivity (Wildman–Crippen MR) is 77.6 cm³/mol. The Hall–Kier alpha value is -0.860. The molecule has 3 heteroatoms. The Labute approximate surface area is 118 Å². The Kier molecular flexibility index (Phi) is 7.96. The van der Waals surface area contributed by atoms with Crippen molar-refractivity contribution in [2.24, 2.45) is 17.3 Å². The van der Waals surface area contributed by atoms with Crippen LogP contribution in [0, 0.1) is 17.3 Å². The van der Waals surface area contributed by atoms with Crippen LogP contribution in [-0.2, 0) is 14.3 Å². The summed E-state index contributed by atoms with van der Waals surface area (Å²) in [6.45, 7) is 12.2. The highest BCUT2D eigenvalue weighted by atomic mass is 16.6. The van der Waals surface area contributed by atoms with E-state index in [2.05, 4.69) is 27.7 Å². The van der Waals surface area contributed by atoms with E-state index in [9.17, 15) is 9.59 Å². The number of hydrogen-bond donors (Lipinski definition) is 0. The fourth-order valence-electron chi connectivity index (χ4n) is 1.69. The van der Waals surface area contributed by atoms with Crippen LogP contribution in [0.4, 0.5) is 0 Å². The van der Waals surface area contributed by atoms with Crippen molar-refractivity contribution in [2.75, 3.05) is 0 Å². The maximum atomic E-state index is 11.9.